The maximum atomic E-state index is 13.0. The Morgan fingerprint density at radius 1 is 1.43 bits per heavy atom. The van der Waals surface area contributed by atoms with E-state index in [1.165, 1.54) is 19.4 Å². The molecular weight excluding hydrogens is 277 g/mol. The van der Waals surface area contributed by atoms with Gasteiger partial charge in [0, 0.05) is 11.9 Å². The third-order valence-corrected chi connectivity index (χ3v) is 2.77. The van der Waals surface area contributed by atoms with Gasteiger partial charge in [0.2, 0.25) is 11.9 Å². The zero-order valence-electron chi connectivity index (χ0n) is 11.6. The van der Waals surface area contributed by atoms with Crippen LogP contribution in [-0.2, 0) is 16.0 Å². The number of carbonyl (C=O) groups is 2. The second-order valence-corrected chi connectivity index (χ2v) is 4.44. The number of ether oxygens (including phenoxy) is 1. The van der Waals surface area contributed by atoms with Crippen molar-refractivity contribution in [3.05, 3.63) is 47.3 Å². The maximum Gasteiger partial charge on any atom is 0.356 e. The Bertz CT molecular complexity index is 682. The number of carbonyl (C=O) groups excluding carboxylic acids is 2. The van der Waals surface area contributed by atoms with E-state index >= 15 is 0 Å². The summed E-state index contributed by atoms with van der Waals surface area (Å²) in [5, 5.41) is 2.60. The van der Waals surface area contributed by atoms with E-state index in [4.69, 9.17) is 0 Å². The zero-order valence-corrected chi connectivity index (χ0v) is 11.6. The molecule has 2 heterocycles. The molecule has 0 fully saturated rings. The van der Waals surface area contributed by atoms with Crippen LogP contribution in [0.5, 0.6) is 0 Å². The second-order valence-electron chi connectivity index (χ2n) is 4.44. The fraction of sp³-hybridized carbons (Fsp3) is 0.214. The van der Waals surface area contributed by atoms with Crippen LogP contribution in [0.15, 0.2) is 24.4 Å². The lowest BCUT2D eigenvalue weighted by Gasteiger charge is -2.05. The average Bonchev–Trinajstić information content (AvgIpc) is 2.78. The molecule has 0 bridgehead atoms. The number of methoxy groups -OCH3 is 1. The minimum absolute atomic E-state index is 0.0235. The number of anilines is 1. The largest absolute Gasteiger partial charge is 0.464 e. The molecule has 0 aromatic carbocycles. The van der Waals surface area contributed by atoms with E-state index in [1.807, 2.05) is 0 Å². The van der Waals surface area contributed by atoms with Gasteiger partial charge >= 0.3 is 5.97 Å². The number of H-pyrrole nitrogens is 1. The molecule has 6 nitrogen and oxygen atoms in total. The SMILES string of the molecule is COC(=O)c1[nH]c(C)cc1NC(=O)Cc1ccnc(F)c1. The lowest BCUT2D eigenvalue weighted by atomic mass is 10.2. The van der Waals surface area contributed by atoms with Crippen molar-refractivity contribution in [1.82, 2.24) is 9.97 Å². The summed E-state index contributed by atoms with van der Waals surface area (Å²) in [6.45, 7) is 1.75. The Labute approximate surface area is 120 Å². The van der Waals surface area contributed by atoms with Crippen LogP contribution in [0.1, 0.15) is 21.7 Å². The third kappa shape index (κ3) is 3.65. The van der Waals surface area contributed by atoms with Crippen molar-refractivity contribution in [2.24, 2.45) is 0 Å². The van der Waals surface area contributed by atoms with Crippen molar-refractivity contribution in [2.45, 2.75) is 13.3 Å². The number of aryl methyl sites for hydroxylation is 1. The number of hydrogen-bond acceptors (Lipinski definition) is 4. The molecule has 0 saturated heterocycles. The number of nitrogens with zero attached hydrogens (tertiary/aromatic N) is 1. The van der Waals surface area contributed by atoms with Gasteiger partial charge in [-0.25, -0.2) is 9.78 Å². The molecule has 110 valence electrons. The molecule has 2 aromatic rings. The Kier molecular flexibility index (Phi) is 4.32. The average molecular weight is 291 g/mol. The Hall–Kier alpha value is -2.70. The second kappa shape index (κ2) is 6.17. The normalized spacial score (nSPS) is 10.2. The van der Waals surface area contributed by atoms with E-state index in [1.54, 1.807) is 19.1 Å². The zero-order chi connectivity index (χ0) is 15.4. The van der Waals surface area contributed by atoms with E-state index < -0.39 is 11.9 Å². The van der Waals surface area contributed by atoms with Gasteiger partial charge in [-0.15, -0.1) is 0 Å². The van der Waals surface area contributed by atoms with Crippen molar-refractivity contribution in [2.75, 3.05) is 12.4 Å². The topological polar surface area (TPSA) is 84.1 Å². The Balaban J connectivity index is 2.11. The highest BCUT2D eigenvalue weighted by molar-refractivity contribution is 6.00. The molecule has 2 aromatic heterocycles. The van der Waals surface area contributed by atoms with Crippen LogP contribution in [0.4, 0.5) is 10.1 Å². The van der Waals surface area contributed by atoms with Crippen LogP contribution in [0.2, 0.25) is 0 Å². The van der Waals surface area contributed by atoms with E-state index in [-0.39, 0.29) is 18.0 Å². The number of nitrogens with one attached hydrogen (secondary N) is 2. The number of amides is 1. The van der Waals surface area contributed by atoms with Gasteiger partial charge in [0.1, 0.15) is 5.69 Å². The lowest BCUT2D eigenvalue weighted by Crippen LogP contribution is -2.16. The van der Waals surface area contributed by atoms with Gasteiger partial charge in [0.05, 0.1) is 19.2 Å². The summed E-state index contributed by atoms with van der Waals surface area (Å²) in [6.07, 6.45) is 1.27. The molecule has 21 heavy (non-hydrogen) atoms. The third-order valence-electron chi connectivity index (χ3n) is 2.77. The number of hydrogen-bond donors (Lipinski definition) is 2. The lowest BCUT2D eigenvalue weighted by molar-refractivity contribution is -0.115. The van der Waals surface area contributed by atoms with Gasteiger partial charge in [-0.3, -0.25) is 4.79 Å². The van der Waals surface area contributed by atoms with Crippen molar-refractivity contribution >= 4 is 17.6 Å². The van der Waals surface area contributed by atoms with Crippen LogP contribution >= 0.6 is 0 Å². The maximum absolute atomic E-state index is 13.0. The molecule has 0 aliphatic carbocycles. The molecule has 0 unspecified atom stereocenters. The summed E-state index contributed by atoms with van der Waals surface area (Å²) >= 11 is 0. The highest BCUT2D eigenvalue weighted by Crippen LogP contribution is 2.18. The first-order valence-corrected chi connectivity index (χ1v) is 6.18. The molecule has 0 radical (unpaired) electrons. The highest BCUT2D eigenvalue weighted by atomic mass is 19.1. The molecule has 0 aliphatic rings. The number of aromatic nitrogens is 2. The predicted molar refractivity (Wildman–Crippen MR) is 73.4 cm³/mol. The van der Waals surface area contributed by atoms with E-state index in [2.05, 4.69) is 20.0 Å². The van der Waals surface area contributed by atoms with Gasteiger partial charge in [0.25, 0.3) is 0 Å². The molecule has 2 rings (SSSR count). The first-order valence-electron chi connectivity index (χ1n) is 6.18. The van der Waals surface area contributed by atoms with Crippen LogP contribution in [0.3, 0.4) is 0 Å². The van der Waals surface area contributed by atoms with Crippen molar-refractivity contribution < 1.29 is 18.7 Å². The van der Waals surface area contributed by atoms with Crippen LogP contribution in [-0.4, -0.2) is 29.0 Å². The standard InChI is InChI=1S/C14H14FN3O3/c1-8-5-10(13(17-8)14(20)21-2)18-12(19)7-9-3-4-16-11(15)6-9/h3-6,17H,7H2,1-2H3,(H,18,19). The summed E-state index contributed by atoms with van der Waals surface area (Å²) in [5.74, 6) is -1.59. The summed E-state index contributed by atoms with van der Waals surface area (Å²) in [4.78, 5) is 29.7. The van der Waals surface area contributed by atoms with Gasteiger partial charge < -0.3 is 15.0 Å². The summed E-state index contributed by atoms with van der Waals surface area (Å²) in [7, 11) is 1.25. The number of rotatable bonds is 4. The summed E-state index contributed by atoms with van der Waals surface area (Å²) in [6, 6.07) is 4.35. The van der Waals surface area contributed by atoms with E-state index in [0.29, 0.717) is 16.9 Å². The van der Waals surface area contributed by atoms with Gasteiger partial charge in [0.15, 0.2) is 0 Å². The van der Waals surface area contributed by atoms with Crippen LogP contribution < -0.4 is 5.32 Å². The summed E-state index contributed by atoms with van der Waals surface area (Å²) in [5.41, 5.74) is 1.70. The molecule has 0 aliphatic heterocycles. The molecule has 0 saturated carbocycles. The fourth-order valence-corrected chi connectivity index (χ4v) is 1.88. The molecule has 1 amide bonds. The fourth-order valence-electron chi connectivity index (χ4n) is 1.88. The first-order chi connectivity index (χ1) is 9.99. The minimum atomic E-state index is -0.645. The number of halogens is 1. The number of pyridine rings is 1. The van der Waals surface area contributed by atoms with Crippen molar-refractivity contribution in [1.29, 1.82) is 0 Å². The summed E-state index contributed by atoms with van der Waals surface area (Å²) < 4.78 is 17.6. The highest BCUT2D eigenvalue weighted by Gasteiger charge is 2.17. The molecular formula is C14H14FN3O3. The smallest absolute Gasteiger partial charge is 0.356 e. The quantitative estimate of drug-likeness (QED) is 0.665. The van der Waals surface area contributed by atoms with Gasteiger partial charge in [-0.2, -0.15) is 4.39 Å². The molecule has 7 heteroatoms. The van der Waals surface area contributed by atoms with Gasteiger partial charge in [-0.05, 0) is 30.7 Å². The first kappa shape index (κ1) is 14.7. The van der Waals surface area contributed by atoms with Gasteiger partial charge in [-0.1, -0.05) is 0 Å². The van der Waals surface area contributed by atoms with Crippen molar-refractivity contribution in [3.8, 4) is 0 Å². The van der Waals surface area contributed by atoms with Crippen molar-refractivity contribution in [3.63, 3.8) is 0 Å². The number of aromatic amines is 1. The monoisotopic (exact) mass is 291 g/mol. The Morgan fingerprint density at radius 2 is 2.19 bits per heavy atom. The molecule has 0 atom stereocenters. The predicted octanol–water partition coefficient (Wildman–Crippen LogP) is 1.83. The van der Waals surface area contributed by atoms with Crippen LogP contribution in [0, 0.1) is 12.9 Å². The number of esters is 1. The van der Waals surface area contributed by atoms with E-state index in [9.17, 15) is 14.0 Å². The van der Waals surface area contributed by atoms with Crippen LogP contribution in [0.25, 0.3) is 0 Å². The minimum Gasteiger partial charge on any atom is -0.464 e. The van der Waals surface area contributed by atoms with E-state index in [0.717, 1.165) is 0 Å². The Morgan fingerprint density at radius 3 is 2.86 bits per heavy atom. The molecule has 2 N–H and O–H groups in total. The molecule has 0 spiro atoms.